The van der Waals surface area contributed by atoms with E-state index >= 15 is 0 Å². The first-order valence-corrected chi connectivity index (χ1v) is 46.4. The van der Waals surface area contributed by atoms with Gasteiger partial charge in [-0.2, -0.15) is 0 Å². The van der Waals surface area contributed by atoms with Crippen molar-refractivity contribution in [2.75, 3.05) is 0 Å². The second kappa shape index (κ2) is 34.2. The summed E-state index contributed by atoms with van der Waals surface area (Å²) in [5.74, 6) is 2.09. The molecule has 0 fully saturated rings. The van der Waals surface area contributed by atoms with Gasteiger partial charge in [0.2, 0.25) is 0 Å². The van der Waals surface area contributed by atoms with E-state index in [0.29, 0.717) is 17.5 Å². The normalized spacial score (nSPS) is 11.6. The van der Waals surface area contributed by atoms with Gasteiger partial charge in [-0.1, -0.05) is 358 Å². The van der Waals surface area contributed by atoms with Crippen molar-refractivity contribution in [2.24, 2.45) is 0 Å². The van der Waals surface area contributed by atoms with Crippen molar-refractivity contribution >= 4 is 126 Å². The molecule has 0 atom stereocenters. The van der Waals surface area contributed by atoms with Crippen LogP contribution in [0, 0.1) is 0 Å². The van der Waals surface area contributed by atoms with Crippen molar-refractivity contribution < 1.29 is 0 Å². The minimum absolute atomic E-state index is 0.679. The molecule has 15 nitrogen and oxygen atoms in total. The number of aromatic nitrogens is 15. The van der Waals surface area contributed by atoms with Crippen LogP contribution in [0.25, 0.3) is 261 Å². The summed E-state index contributed by atoms with van der Waals surface area (Å²) in [6.07, 6.45) is 6.18. The molecule has 0 aliphatic heterocycles. The fourth-order valence-electron chi connectivity index (χ4n) is 19.5. The first kappa shape index (κ1) is 80.7. The minimum Gasteiger partial charge on any atom is -0.298 e. The van der Waals surface area contributed by atoms with E-state index in [0.717, 1.165) is 222 Å². The van der Waals surface area contributed by atoms with Crippen LogP contribution in [0.5, 0.6) is 0 Å². The van der Waals surface area contributed by atoms with Crippen molar-refractivity contribution in [1.29, 1.82) is 0 Å². The molecule has 0 unspecified atom stereocenters. The number of imidazole rings is 3. The van der Waals surface area contributed by atoms with Crippen LogP contribution in [0.15, 0.2) is 468 Å². The van der Waals surface area contributed by atoms with E-state index in [4.69, 9.17) is 59.8 Å². The third kappa shape index (κ3) is 14.7. The van der Waals surface area contributed by atoms with Gasteiger partial charge >= 0.3 is 0 Å². The third-order valence-corrected chi connectivity index (χ3v) is 26.2. The van der Waals surface area contributed by atoms with Crippen LogP contribution in [-0.4, -0.2) is 73.0 Å². The first-order valence-electron chi connectivity index (χ1n) is 46.4. The molecule has 0 aliphatic carbocycles. The van der Waals surface area contributed by atoms with Crippen molar-refractivity contribution in [3.63, 3.8) is 0 Å². The molecular formula is C124H77N15. The van der Waals surface area contributed by atoms with E-state index in [1.54, 1.807) is 0 Å². The number of hydrogen-bond donors (Lipinski definition) is 0. The number of benzene rings is 16. The lowest BCUT2D eigenvalue weighted by molar-refractivity contribution is 1.22. The Balaban J connectivity index is 0.000000108. The molecule has 648 valence electrons. The van der Waals surface area contributed by atoms with Gasteiger partial charge in [-0.25, -0.2) is 59.8 Å². The smallest absolute Gasteiger partial charge is 0.160 e. The third-order valence-electron chi connectivity index (χ3n) is 26.2. The Bertz CT molecular complexity index is 9720. The lowest BCUT2D eigenvalue weighted by atomic mass is 9.99. The zero-order chi connectivity index (χ0) is 91.8. The van der Waals surface area contributed by atoms with Gasteiger partial charge in [0, 0.05) is 101 Å². The lowest BCUT2D eigenvalue weighted by Crippen LogP contribution is -1.97. The number of nitrogens with zero attached hydrogens (tertiary/aromatic N) is 15. The summed E-state index contributed by atoms with van der Waals surface area (Å²) in [4.78, 5) is 61.0. The molecule has 0 aliphatic rings. The summed E-state index contributed by atoms with van der Waals surface area (Å²) in [5.41, 5.74) is 35.6. The van der Waals surface area contributed by atoms with Crippen molar-refractivity contribution in [3.8, 4) is 135 Å². The van der Waals surface area contributed by atoms with E-state index in [2.05, 4.69) is 323 Å². The van der Waals surface area contributed by atoms with E-state index in [9.17, 15) is 0 Å². The van der Waals surface area contributed by atoms with E-state index in [-0.39, 0.29) is 0 Å². The second-order valence-corrected chi connectivity index (χ2v) is 34.6. The summed E-state index contributed by atoms with van der Waals surface area (Å²) in [5, 5.41) is 8.61. The Kier molecular flexibility index (Phi) is 19.8. The molecule has 0 bridgehead atoms. The highest BCUT2D eigenvalue weighted by Crippen LogP contribution is 2.43. The van der Waals surface area contributed by atoms with Crippen LogP contribution >= 0.6 is 0 Å². The predicted octanol–water partition coefficient (Wildman–Crippen LogP) is 30.1. The predicted molar refractivity (Wildman–Crippen MR) is 566 cm³/mol. The van der Waals surface area contributed by atoms with Gasteiger partial charge in [-0.3, -0.25) is 13.2 Å². The number of hydrogen-bond acceptors (Lipinski definition) is 12. The quantitative estimate of drug-likeness (QED) is 0.114. The summed E-state index contributed by atoms with van der Waals surface area (Å²) in [7, 11) is 0. The highest BCUT2D eigenvalue weighted by Gasteiger charge is 2.24. The van der Waals surface area contributed by atoms with Crippen LogP contribution in [0.3, 0.4) is 0 Å². The second-order valence-electron chi connectivity index (χ2n) is 34.6. The maximum absolute atomic E-state index is 5.23. The first-order chi connectivity index (χ1) is 68.9. The zero-order valence-electron chi connectivity index (χ0n) is 74.7. The fourth-order valence-corrected chi connectivity index (χ4v) is 19.5. The van der Waals surface area contributed by atoms with Crippen LogP contribution < -0.4 is 0 Å². The number of para-hydroxylation sites is 6. The molecule has 15 heteroatoms. The molecule has 12 aromatic heterocycles. The average Bonchev–Trinajstić information content (AvgIpc) is 1.61. The minimum atomic E-state index is 0.679. The topological polar surface area (TPSA) is 168 Å². The average molecular weight is 1780 g/mol. The Morgan fingerprint density at radius 3 is 0.835 bits per heavy atom. The molecule has 0 amide bonds. The van der Waals surface area contributed by atoms with Crippen LogP contribution in [0.2, 0.25) is 0 Å². The molecule has 0 saturated carbocycles. The molecule has 28 rings (SSSR count). The van der Waals surface area contributed by atoms with Gasteiger partial charge in [-0.05, 0) is 135 Å². The van der Waals surface area contributed by atoms with Crippen molar-refractivity contribution in [2.45, 2.75) is 0 Å². The molecule has 16 aromatic carbocycles. The maximum Gasteiger partial charge on any atom is 0.160 e. The molecule has 0 spiro atoms. The Morgan fingerprint density at radius 2 is 0.410 bits per heavy atom. The summed E-state index contributed by atoms with van der Waals surface area (Å²) < 4.78 is 6.40. The van der Waals surface area contributed by atoms with Crippen LogP contribution in [-0.2, 0) is 0 Å². The van der Waals surface area contributed by atoms with Gasteiger partial charge in [-0.15, -0.1) is 0 Å². The molecular weight excluding hydrogens is 1700 g/mol. The Hall–Kier alpha value is -19.1. The monoisotopic (exact) mass is 1780 g/mol. The maximum atomic E-state index is 5.23. The van der Waals surface area contributed by atoms with Gasteiger partial charge in [0.15, 0.2) is 17.5 Å². The van der Waals surface area contributed by atoms with Gasteiger partial charge in [0.1, 0.15) is 33.5 Å². The van der Waals surface area contributed by atoms with Gasteiger partial charge in [0.05, 0.1) is 83.8 Å². The van der Waals surface area contributed by atoms with E-state index < -0.39 is 0 Å². The van der Waals surface area contributed by atoms with E-state index in [1.165, 1.54) is 21.9 Å². The highest BCUT2D eigenvalue weighted by atomic mass is 15.0. The summed E-state index contributed by atoms with van der Waals surface area (Å²) in [6, 6.07) is 154. The number of fused-ring (bicyclic) bond motifs is 19. The van der Waals surface area contributed by atoms with Gasteiger partial charge in [0.25, 0.3) is 0 Å². The largest absolute Gasteiger partial charge is 0.298 e. The molecule has 0 saturated heterocycles. The molecule has 139 heavy (non-hydrogen) atoms. The molecule has 0 radical (unpaired) electrons. The number of rotatable bonds is 12. The van der Waals surface area contributed by atoms with Gasteiger partial charge < -0.3 is 0 Å². The van der Waals surface area contributed by atoms with Crippen LogP contribution in [0.1, 0.15) is 0 Å². The summed E-state index contributed by atoms with van der Waals surface area (Å²) in [6.45, 7) is 0. The highest BCUT2D eigenvalue weighted by molar-refractivity contribution is 6.13. The Labute approximate surface area is 796 Å². The summed E-state index contributed by atoms with van der Waals surface area (Å²) >= 11 is 0. The number of pyridine rings is 6. The fraction of sp³-hybridized carbons (Fsp3) is 0. The lowest BCUT2D eigenvalue weighted by Gasteiger charge is -2.12. The molecule has 0 N–H and O–H groups in total. The van der Waals surface area contributed by atoms with Crippen LogP contribution in [0.4, 0.5) is 0 Å². The van der Waals surface area contributed by atoms with Crippen molar-refractivity contribution in [3.05, 3.63) is 468 Å². The van der Waals surface area contributed by atoms with E-state index in [1.807, 2.05) is 158 Å². The molecule has 12 heterocycles. The van der Waals surface area contributed by atoms with Crippen molar-refractivity contribution in [1.82, 2.24) is 73.0 Å². The standard InChI is InChI=1S/C46H29N5.C40H25N5.C38H23N5/c1-2-11-30(12-3-1)31-20-24-33(25-21-31)42-37-15-4-7-18-40(37)48-46(50-42)34-26-22-32(23-27-34)35-13-10-14-36(29-35)43-45-44(38-16-5-6-17-39(38)47-43)49-41-19-8-9-28-51(41)45;1-2-11-27(12-3-1)36-31-15-4-7-18-34(31)42-40(44-36)28-22-20-26(21-23-28)29-13-10-14-30(25-29)37-39-38(32-16-5-6-17-33(32)41-37)43-35-19-8-9-24-45(35)39;1-2-15-27-24(11-1)12-10-18-28(27)35-29-16-3-6-20-32(29)40-38(42-35)26-14-9-13-25(23-26)34-37-36(30-17-4-5-19-31(30)39-34)41-33-21-7-8-22-43(33)37/h1-29H;1-25H;1-23H. The zero-order valence-corrected chi connectivity index (χ0v) is 74.7. The molecule has 28 aromatic rings. The SMILES string of the molecule is c1cc(-c2nc(-c3cccc4ccccc34)c3ccccc3n2)cc(-c2nc3ccccc3c3nc4ccccn4c23)c1.c1ccc(-c2ccc(-c3nc(-c4ccc(-c5cccc(-c6nc7ccccc7c7nc8ccccn8c67)c5)cc4)nc4ccccc34)cc2)cc1.c1ccc(-c2nc(-c3ccc(-c4cccc(-c5nc6ccccc6c6nc7ccccn7c56)c4)cc3)nc3ccccc23)cc1. The Morgan fingerprint density at radius 1 is 0.144 bits per heavy atom.